The molecule has 3 N–H and O–H groups in total. The van der Waals surface area contributed by atoms with E-state index in [1.165, 1.54) is 16.9 Å². The maximum absolute atomic E-state index is 12.2. The number of hydrogen-bond acceptors (Lipinski definition) is 5. The molecule has 1 aliphatic heterocycles. The first-order valence-electron chi connectivity index (χ1n) is 7.62. The first-order chi connectivity index (χ1) is 10.8. The molecular weight excluding hydrogens is 346 g/mol. The van der Waals surface area contributed by atoms with Crippen LogP contribution < -0.4 is 15.8 Å². The van der Waals surface area contributed by atoms with E-state index in [1.54, 1.807) is 0 Å². The van der Waals surface area contributed by atoms with Crippen LogP contribution in [0.4, 0.5) is 5.13 Å². The van der Waals surface area contributed by atoms with Crippen LogP contribution in [0.1, 0.15) is 26.3 Å². The van der Waals surface area contributed by atoms with Crippen molar-refractivity contribution >= 4 is 34.8 Å². The molecule has 24 heavy (non-hydrogen) atoms. The number of halogens is 1. The molecule has 0 spiro atoms. The molecule has 1 amide bonds. The number of nitrogens with one attached hydrogen (secondary N) is 1. The molecular formula is C17H22ClN3O2S. The van der Waals surface area contributed by atoms with Gasteiger partial charge in [-0.1, -0.05) is 20.8 Å². The lowest BCUT2D eigenvalue weighted by atomic mass is 9.87. The van der Waals surface area contributed by atoms with Gasteiger partial charge in [0, 0.05) is 17.4 Å². The topological polar surface area (TPSA) is 77.2 Å². The van der Waals surface area contributed by atoms with Crippen LogP contribution in [0.15, 0.2) is 23.6 Å². The van der Waals surface area contributed by atoms with Gasteiger partial charge in [0.15, 0.2) is 5.13 Å². The molecule has 5 nitrogen and oxygen atoms in total. The molecule has 3 rings (SSSR count). The lowest BCUT2D eigenvalue weighted by Gasteiger charge is -2.25. The van der Waals surface area contributed by atoms with Crippen LogP contribution in [0.2, 0.25) is 0 Å². The number of nitrogens with two attached hydrogens (primary N) is 1. The summed E-state index contributed by atoms with van der Waals surface area (Å²) >= 11 is 1.40. The first kappa shape index (κ1) is 18.7. The van der Waals surface area contributed by atoms with Gasteiger partial charge in [-0.3, -0.25) is 4.79 Å². The Labute approximate surface area is 152 Å². The standard InChI is InChI=1S/C17H21N3O2S.ClH/c1-17(2,3)14(18)15(21)20-16-19-12(9-23-16)10-4-5-13-11(8-10)6-7-22-13;/h4-5,8-9,14H,6-7,18H2,1-3H3,(H,19,20,21);1H/t14-;/m1./s1. The molecule has 0 bridgehead atoms. The average molecular weight is 368 g/mol. The molecule has 0 radical (unpaired) electrons. The number of hydrogen-bond donors (Lipinski definition) is 2. The number of amides is 1. The molecule has 130 valence electrons. The normalized spacial score (nSPS) is 14.3. The van der Waals surface area contributed by atoms with Gasteiger partial charge in [-0.25, -0.2) is 4.98 Å². The number of benzene rings is 1. The Balaban J connectivity index is 0.00000208. The third kappa shape index (κ3) is 3.88. The summed E-state index contributed by atoms with van der Waals surface area (Å²) in [6.07, 6.45) is 0.928. The SMILES string of the molecule is CC(C)(C)[C@H](N)C(=O)Nc1nc(-c2ccc3c(c2)CCO3)cs1.Cl. The molecule has 0 aliphatic carbocycles. The van der Waals surface area contributed by atoms with Gasteiger partial charge in [-0.15, -0.1) is 23.7 Å². The number of carbonyl (C=O) groups is 1. The van der Waals surface area contributed by atoms with Crippen molar-refractivity contribution in [2.75, 3.05) is 11.9 Å². The fourth-order valence-electron chi connectivity index (χ4n) is 2.39. The Morgan fingerprint density at radius 1 is 1.42 bits per heavy atom. The van der Waals surface area contributed by atoms with Gasteiger partial charge >= 0.3 is 0 Å². The van der Waals surface area contributed by atoms with E-state index in [4.69, 9.17) is 10.5 Å². The summed E-state index contributed by atoms with van der Waals surface area (Å²) in [6.45, 7) is 6.56. The Kier molecular flexibility index (Phi) is 5.52. The number of nitrogens with zero attached hydrogens (tertiary/aromatic N) is 1. The van der Waals surface area contributed by atoms with Crippen molar-refractivity contribution in [1.82, 2.24) is 4.98 Å². The highest BCUT2D eigenvalue weighted by Gasteiger charge is 2.28. The predicted octanol–water partition coefficient (Wildman–Crippen LogP) is 3.48. The lowest BCUT2D eigenvalue weighted by Crippen LogP contribution is -2.45. The summed E-state index contributed by atoms with van der Waals surface area (Å²) < 4.78 is 5.52. The van der Waals surface area contributed by atoms with Crippen LogP contribution in [0, 0.1) is 5.41 Å². The Hall–Kier alpha value is -1.63. The maximum Gasteiger partial charge on any atom is 0.243 e. The number of fused-ring (bicyclic) bond motifs is 1. The molecule has 0 saturated carbocycles. The average Bonchev–Trinajstić information content (AvgIpc) is 3.13. The third-order valence-corrected chi connectivity index (χ3v) is 4.69. The minimum Gasteiger partial charge on any atom is -0.493 e. The highest BCUT2D eigenvalue weighted by atomic mass is 35.5. The highest BCUT2D eigenvalue weighted by Crippen LogP contribution is 2.32. The first-order valence-corrected chi connectivity index (χ1v) is 8.50. The summed E-state index contributed by atoms with van der Waals surface area (Å²) in [6, 6.07) is 5.49. The van der Waals surface area contributed by atoms with Gasteiger partial charge in [0.25, 0.3) is 0 Å². The molecule has 2 aromatic rings. The maximum atomic E-state index is 12.2. The second-order valence-electron chi connectivity index (χ2n) is 6.79. The summed E-state index contributed by atoms with van der Waals surface area (Å²) in [5.41, 5.74) is 8.77. The number of carbonyl (C=O) groups excluding carboxylic acids is 1. The molecule has 1 atom stereocenters. The van der Waals surface area contributed by atoms with Gasteiger partial charge in [0.1, 0.15) is 5.75 Å². The van der Waals surface area contributed by atoms with E-state index in [9.17, 15) is 4.79 Å². The fraction of sp³-hybridized carbons (Fsp3) is 0.412. The predicted molar refractivity (Wildman–Crippen MR) is 100 cm³/mol. The van der Waals surface area contributed by atoms with E-state index in [1.807, 2.05) is 38.3 Å². The Bertz CT molecular complexity index is 740. The quantitative estimate of drug-likeness (QED) is 0.870. The van der Waals surface area contributed by atoms with Crippen molar-refractivity contribution < 1.29 is 9.53 Å². The summed E-state index contributed by atoms with van der Waals surface area (Å²) in [5.74, 6) is 0.745. The number of ether oxygens (including phenoxy) is 1. The smallest absolute Gasteiger partial charge is 0.243 e. The van der Waals surface area contributed by atoms with Gasteiger partial charge in [0.2, 0.25) is 5.91 Å². The van der Waals surface area contributed by atoms with Crippen LogP contribution in [0.5, 0.6) is 5.75 Å². The van der Waals surface area contributed by atoms with E-state index >= 15 is 0 Å². The van der Waals surface area contributed by atoms with Crippen LogP contribution in [0.3, 0.4) is 0 Å². The summed E-state index contributed by atoms with van der Waals surface area (Å²) in [5, 5.41) is 5.32. The minimum atomic E-state index is -0.577. The van der Waals surface area contributed by atoms with Crippen molar-refractivity contribution in [3.05, 3.63) is 29.1 Å². The molecule has 1 aromatic heterocycles. The van der Waals surface area contributed by atoms with Crippen LogP contribution in [-0.4, -0.2) is 23.5 Å². The van der Waals surface area contributed by atoms with Crippen molar-refractivity contribution in [1.29, 1.82) is 0 Å². The van der Waals surface area contributed by atoms with Gasteiger partial charge in [0.05, 0.1) is 18.3 Å². The minimum absolute atomic E-state index is 0. The Morgan fingerprint density at radius 3 is 2.88 bits per heavy atom. The number of rotatable bonds is 3. The van der Waals surface area contributed by atoms with Gasteiger partial charge in [-0.2, -0.15) is 0 Å². The zero-order valence-corrected chi connectivity index (χ0v) is 15.6. The number of anilines is 1. The number of thiazole rings is 1. The van der Waals surface area contributed by atoms with E-state index in [-0.39, 0.29) is 23.7 Å². The van der Waals surface area contributed by atoms with Crippen LogP contribution >= 0.6 is 23.7 Å². The zero-order chi connectivity index (χ0) is 16.6. The van der Waals surface area contributed by atoms with Gasteiger partial charge in [-0.05, 0) is 29.2 Å². The monoisotopic (exact) mass is 367 g/mol. The van der Waals surface area contributed by atoms with Crippen LogP contribution in [-0.2, 0) is 11.2 Å². The molecule has 0 fully saturated rings. The van der Waals surface area contributed by atoms with Gasteiger partial charge < -0.3 is 15.8 Å². The summed E-state index contributed by atoms with van der Waals surface area (Å²) in [7, 11) is 0. The molecule has 2 heterocycles. The second kappa shape index (κ2) is 7.09. The molecule has 1 aromatic carbocycles. The van der Waals surface area contributed by atoms with Crippen molar-refractivity contribution in [3.63, 3.8) is 0 Å². The molecule has 7 heteroatoms. The van der Waals surface area contributed by atoms with Crippen molar-refractivity contribution in [2.24, 2.45) is 11.1 Å². The lowest BCUT2D eigenvalue weighted by molar-refractivity contribution is -0.119. The third-order valence-electron chi connectivity index (χ3n) is 3.94. The largest absolute Gasteiger partial charge is 0.493 e. The van der Waals surface area contributed by atoms with E-state index < -0.39 is 6.04 Å². The van der Waals surface area contributed by atoms with Crippen molar-refractivity contribution in [2.45, 2.75) is 33.2 Å². The van der Waals surface area contributed by atoms with Crippen LogP contribution in [0.25, 0.3) is 11.3 Å². The summed E-state index contributed by atoms with van der Waals surface area (Å²) in [4.78, 5) is 16.7. The van der Waals surface area contributed by atoms with E-state index in [0.717, 1.165) is 30.0 Å². The molecule has 0 unspecified atom stereocenters. The van der Waals surface area contributed by atoms with E-state index in [0.29, 0.717) is 5.13 Å². The molecule has 1 aliphatic rings. The van der Waals surface area contributed by atoms with Crippen molar-refractivity contribution in [3.8, 4) is 17.0 Å². The number of aromatic nitrogens is 1. The highest BCUT2D eigenvalue weighted by molar-refractivity contribution is 7.14. The van der Waals surface area contributed by atoms with E-state index in [2.05, 4.69) is 16.4 Å². The second-order valence-corrected chi connectivity index (χ2v) is 7.65. The Morgan fingerprint density at radius 2 is 2.17 bits per heavy atom. The fourth-order valence-corrected chi connectivity index (χ4v) is 3.11. The molecule has 0 saturated heterocycles. The zero-order valence-electron chi connectivity index (χ0n) is 14.0.